The van der Waals surface area contributed by atoms with E-state index in [0.29, 0.717) is 0 Å². The summed E-state index contributed by atoms with van der Waals surface area (Å²) in [6.07, 6.45) is 0. The molecule has 1 aliphatic rings. The molecule has 0 N–H and O–H groups in total. The predicted octanol–water partition coefficient (Wildman–Crippen LogP) is 5.02. The Morgan fingerprint density at radius 2 is 2.00 bits per heavy atom. The lowest BCUT2D eigenvalue weighted by molar-refractivity contribution is -0.633. The summed E-state index contributed by atoms with van der Waals surface area (Å²) in [4.78, 5) is 1.37. The van der Waals surface area contributed by atoms with Gasteiger partial charge in [0.15, 0.2) is 5.75 Å². The lowest BCUT2D eigenvalue weighted by Crippen LogP contribution is -2.33. The second-order valence-electron chi connectivity index (χ2n) is 5.37. The Morgan fingerprint density at radius 1 is 1.14 bits per heavy atom. The molecule has 4 heterocycles. The Morgan fingerprint density at radius 3 is 2.90 bits per heavy atom. The number of aromatic nitrogens is 1. The molecule has 0 amide bonds. The van der Waals surface area contributed by atoms with Crippen molar-refractivity contribution in [1.82, 2.24) is 0 Å². The minimum atomic E-state index is 0.963. The smallest absolute Gasteiger partial charge is 0.257 e. The van der Waals surface area contributed by atoms with Crippen LogP contribution in [-0.4, -0.2) is 0 Å². The van der Waals surface area contributed by atoms with Crippen LogP contribution in [0.15, 0.2) is 35.7 Å². The Hall–Kier alpha value is -1.91. The number of para-hydroxylation sites is 1. The maximum Gasteiger partial charge on any atom is 0.257 e. The molecule has 0 bridgehead atoms. The Kier molecular flexibility index (Phi) is 2.14. The van der Waals surface area contributed by atoms with Crippen LogP contribution in [0.25, 0.3) is 31.6 Å². The zero-order chi connectivity index (χ0) is 14.1. The average Bonchev–Trinajstić information content (AvgIpc) is 3.02. The summed E-state index contributed by atoms with van der Waals surface area (Å²) in [5.41, 5.74) is 3.78. The van der Waals surface area contributed by atoms with Gasteiger partial charge in [-0.15, -0.1) is 22.7 Å². The molecule has 0 fully saturated rings. The van der Waals surface area contributed by atoms with Crippen LogP contribution in [0.4, 0.5) is 0 Å². The molecule has 21 heavy (non-hydrogen) atoms. The van der Waals surface area contributed by atoms with E-state index in [2.05, 4.69) is 54.3 Å². The minimum Gasteiger partial charge on any atom is -0.449 e. The number of fused-ring (bicyclic) bond motifs is 3. The number of hydrogen-bond donors (Lipinski definition) is 0. The highest BCUT2D eigenvalue weighted by Crippen LogP contribution is 2.52. The second-order valence-corrected chi connectivity index (χ2v) is 7.74. The number of pyridine rings is 1. The molecule has 0 spiro atoms. The second kappa shape index (κ2) is 3.84. The van der Waals surface area contributed by atoms with Crippen LogP contribution in [-0.2, 0) is 7.05 Å². The first-order valence-corrected chi connectivity index (χ1v) is 8.54. The van der Waals surface area contributed by atoms with Gasteiger partial charge < -0.3 is 4.74 Å². The molecule has 0 radical (unpaired) electrons. The molecule has 0 atom stereocenters. The lowest BCUT2D eigenvalue weighted by atomic mass is 10.0. The molecule has 1 aliphatic heterocycles. The van der Waals surface area contributed by atoms with Gasteiger partial charge in [-0.1, -0.05) is 12.1 Å². The summed E-state index contributed by atoms with van der Waals surface area (Å²) in [5.74, 6) is 1.97. The van der Waals surface area contributed by atoms with Crippen LogP contribution in [0.2, 0.25) is 0 Å². The molecular formula is C17H12NOS2+. The highest BCUT2D eigenvalue weighted by Gasteiger charge is 2.32. The van der Waals surface area contributed by atoms with Crippen LogP contribution in [0.3, 0.4) is 0 Å². The summed E-state index contributed by atoms with van der Waals surface area (Å²) in [7, 11) is 2.13. The Balaban J connectivity index is 2.01. The third-order valence-electron chi connectivity index (χ3n) is 4.18. The van der Waals surface area contributed by atoms with Gasteiger partial charge in [-0.3, -0.25) is 0 Å². The fourth-order valence-electron chi connectivity index (χ4n) is 3.25. The number of benzene rings is 1. The quantitative estimate of drug-likeness (QED) is 0.366. The maximum atomic E-state index is 6.19. The first-order valence-electron chi connectivity index (χ1n) is 6.84. The zero-order valence-electron chi connectivity index (χ0n) is 11.6. The predicted molar refractivity (Wildman–Crippen MR) is 88.6 cm³/mol. The number of hydrogen-bond acceptors (Lipinski definition) is 3. The van der Waals surface area contributed by atoms with Gasteiger partial charge in [0.25, 0.3) is 5.69 Å². The van der Waals surface area contributed by atoms with Crippen LogP contribution in [0.1, 0.15) is 4.88 Å². The van der Waals surface area contributed by atoms with Crippen LogP contribution >= 0.6 is 22.7 Å². The largest absolute Gasteiger partial charge is 0.449 e. The van der Waals surface area contributed by atoms with Crippen molar-refractivity contribution in [3.8, 4) is 22.8 Å². The van der Waals surface area contributed by atoms with E-state index < -0.39 is 0 Å². The van der Waals surface area contributed by atoms with E-state index in [1.807, 2.05) is 11.3 Å². The van der Waals surface area contributed by atoms with E-state index in [1.54, 1.807) is 11.3 Å². The molecule has 0 saturated carbocycles. The van der Waals surface area contributed by atoms with E-state index in [9.17, 15) is 0 Å². The Labute approximate surface area is 129 Å². The van der Waals surface area contributed by atoms with E-state index in [1.165, 1.54) is 36.4 Å². The normalized spacial score (nSPS) is 12.7. The van der Waals surface area contributed by atoms with Crippen molar-refractivity contribution in [3.05, 3.63) is 40.6 Å². The number of aryl methyl sites for hydroxylation is 2. The van der Waals surface area contributed by atoms with Crippen LogP contribution in [0, 0.1) is 6.92 Å². The highest BCUT2D eigenvalue weighted by molar-refractivity contribution is 7.38. The molecule has 102 valence electrons. The molecular weight excluding hydrogens is 298 g/mol. The highest BCUT2D eigenvalue weighted by atomic mass is 32.2. The van der Waals surface area contributed by atoms with Crippen molar-refractivity contribution >= 4 is 43.0 Å². The van der Waals surface area contributed by atoms with Crippen molar-refractivity contribution < 1.29 is 9.30 Å². The van der Waals surface area contributed by atoms with Crippen LogP contribution < -0.4 is 9.30 Å². The van der Waals surface area contributed by atoms with Crippen LogP contribution in [0.5, 0.6) is 11.5 Å². The fourth-order valence-corrected chi connectivity index (χ4v) is 5.55. The fraction of sp³-hybridized carbons (Fsp3) is 0.118. The number of ether oxygens (including phenoxy) is 1. The lowest BCUT2D eigenvalue weighted by Gasteiger charge is -2.15. The van der Waals surface area contributed by atoms with Crippen molar-refractivity contribution in [2.24, 2.45) is 7.05 Å². The zero-order valence-corrected chi connectivity index (χ0v) is 13.3. The summed E-state index contributed by atoms with van der Waals surface area (Å²) in [5, 5.41) is 4.63. The first-order chi connectivity index (χ1) is 10.2. The monoisotopic (exact) mass is 310 g/mol. The summed E-state index contributed by atoms with van der Waals surface area (Å²) in [6, 6.07) is 10.6. The van der Waals surface area contributed by atoms with Gasteiger partial charge in [0.2, 0.25) is 5.52 Å². The molecule has 0 aliphatic carbocycles. The molecule has 4 heteroatoms. The van der Waals surface area contributed by atoms with E-state index >= 15 is 0 Å². The van der Waals surface area contributed by atoms with Gasteiger partial charge in [-0.05, 0) is 13.0 Å². The summed E-state index contributed by atoms with van der Waals surface area (Å²) >= 11 is 3.65. The van der Waals surface area contributed by atoms with Crippen molar-refractivity contribution in [3.63, 3.8) is 0 Å². The SMILES string of the molecule is Cc1sc2scc3c2c1-c1c(cc2ccccc2[n+]1C)O3. The molecule has 2 nitrogen and oxygen atoms in total. The van der Waals surface area contributed by atoms with Gasteiger partial charge >= 0.3 is 0 Å². The van der Waals surface area contributed by atoms with E-state index in [-0.39, 0.29) is 0 Å². The first kappa shape index (κ1) is 11.7. The van der Waals surface area contributed by atoms with Crippen molar-refractivity contribution in [2.75, 3.05) is 0 Å². The molecule has 1 aromatic carbocycles. The van der Waals surface area contributed by atoms with Crippen molar-refractivity contribution in [1.29, 1.82) is 0 Å². The molecule has 0 unspecified atom stereocenters. The topological polar surface area (TPSA) is 13.1 Å². The third-order valence-corrected chi connectivity index (χ3v) is 6.37. The molecule has 4 aromatic rings. The van der Waals surface area contributed by atoms with Gasteiger partial charge in [-0.2, -0.15) is 4.57 Å². The van der Waals surface area contributed by atoms with Gasteiger partial charge in [0.1, 0.15) is 12.8 Å². The average molecular weight is 310 g/mol. The van der Waals surface area contributed by atoms with Gasteiger partial charge in [-0.25, -0.2) is 0 Å². The number of rotatable bonds is 0. The van der Waals surface area contributed by atoms with Gasteiger partial charge in [0.05, 0.1) is 20.3 Å². The molecule has 5 rings (SSSR count). The number of nitrogens with zero attached hydrogens (tertiary/aromatic N) is 1. The molecule has 0 saturated heterocycles. The number of thiophene rings is 2. The van der Waals surface area contributed by atoms with E-state index in [4.69, 9.17) is 4.74 Å². The maximum absolute atomic E-state index is 6.19. The molecule has 3 aromatic heterocycles. The Bertz CT molecular complexity index is 1040. The minimum absolute atomic E-state index is 0.963. The van der Waals surface area contributed by atoms with Crippen molar-refractivity contribution in [2.45, 2.75) is 6.92 Å². The van der Waals surface area contributed by atoms with Gasteiger partial charge in [0, 0.05) is 22.4 Å². The summed E-state index contributed by atoms with van der Waals surface area (Å²) < 4.78 is 9.81. The standard InChI is InChI=1S/C17H12NOS2/c1-9-14-15-13(8-20-17(15)21-9)19-12-7-10-5-3-4-6-11(10)18(2)16(12)14/h3-8H,1-2H3/q+1. The summed E-state index contributed by atoms with van der Waals surface area (Å²) in [6.45, 7) is 2.21. The third kappa shape index (κ3) is 1.39. The van der Waals surface area contributed by atoms with E-state index in [0.717, 1.165) is 11.5 Å².